The SMILES string of the molecule is O=S(=O)([O-])c1ccccc1C=CC(F)(F)F.[Na+]. The minimum absolute atomic E-state index is 0. The fourth-order valence-corrected chi connectivity index (χ4v) is 1.70. The van der Waals surface area contributed by atoms with Gasteiger partial charge in [-0.2, -0.15) is 13.2 Å². The summed E-state index contributed by atoms with van der Waals surface area (Å²) in [6.07, 6.45) is -4.14. The van der Waals surface area contributed by atoms with Crippen LogP contribution in [0.4, 0.5) is 13.2 Å². The number of benzene rings is 1. The van der Waals surface area contributed by atoms with Crippen molar-refractivity contribution < 1.29 is 55.7 Å². The van der Waals surface area contributed by atoms with Crippen molar-refractivity contribution in [1.82, 2.24) is 0 Å². The number of allylic oxidation sites excluding steroid dienone is 1. The quantitative estimate of drug-likeness (QED) is 0.522. The summed E-state index contributed by atoms with van der Waals surface area (Å²) in [7, 11) is -4.77. The first kappa shape index (κ1) is 16.7. The van der Waals surface area contributed by atoms with Crippen molar-refractivity contribution >= 4 is 16.2 Å². The zero-order chi connectivity index (χ0) is 12.4. The first-order chi connectivity index (χ1) is 7.20. The molecule has 0 saturated carbocycles. The Kier molecular flexibility index (Phi) is 5.89. The van der Waals surface area contributed by atoms with Gasteiger partial charge in [0.25, 0.3) is 0 Å². The van der Waals surface area contributed by atoms with Gasteiger partial charge in [0.05, 0.1) is 4.90 Å². The van der Waals surface area contributed by atoms with Crippen molar-refractivity contribution in [2.45, 2.75) is 11.1 Å². The molecule has 0 N–H and O–H groups in total. The van der Waals surface area contributed by atoms with Crippen LogP contribution in [0.15, 0.2) is 35.2 Å². The first-order valence-electron chi connectivity index (χ1n) is 4.01. The van der Waals surface area contributed by atoms with Crippen LogP contribution in [0.25, 0.3) is 6.08 Å². The molecule has 0 aromatic heterocycles. The molecule has 0 amide bonds. The third kappa shape index (κ3) is 5.69. The average Bonchev–Trinajstić information content (AvgIpc) is 2.12. The number of halogens is 3. The second kappa shape index (κ2) is 6.01. The van der Waals surface area contributed by atoms with E-state index in [1.807, 2.05) is 0 Å². The molecule has 88 valence electrons. The fraction of sp³-hybridized carbons (Fsp3) is 0.111. The summed E-state index contributed by atoms with van der Waals surface area (Å²) in [5, 5.41) is 0. The van der Waals surface area contributed by atoms with Gasteiger partial charge < -0.3 is 4.55 Å². The molecular formula is C9H6F3NaO3S. The molecule has 0 aliphatic carbocycles. The Morgan fingerprint density at radius 1 is 1.18 bits per heavy atom. The van der Waals surface area contributed by atoms with Crippen LogP contribution in [0, 0.1) is 0 Å². The van der Waals surface area contributed by atoms with Crippen molar-refractivity contribution in [2.75, 3.05) is 0 Å². The molecule has 8 heteroatoms. The summed E-state index contributed by atoms with van der Waals surface area (Å²) < 4.78 is 67.7. The van der Waals surface area contributed by atoms with Crippen LogP contribution < -0.4 is 29.6 Å². The molecule has 3 nitrogen and oxygen atoms in total. The van der Waals surface area contributed by atoms with E-state index in [4.69, 9.17) is 0 Å². The first-order valence-corrected chi connectivity index (χ1v) is 5.42. The molecule has 0 heterocycles. The van der Waals surface area contributed by atoms with E-state index in [-0.39, 0.29) is 41.2 Å². The van der Waals surface area contributed by atoms with E-state index < -0.39 is 21.2 Å². The summed E-state index contributed by atoms with van der Waals surface area (Å²) in [5.41, 5.74) is -0.283. The largest absolute Gasteiger partial charge is 1.00 e. The third-order valence-corrected chi connectivity index (χ3v) is 2.55. The maximum absolute atomic E-state index is 11.9. The Hall–Kier alpha value is -0.340. The molecule has 0 radical (unpaired) electrons. The van der Waals surface area contributed by atoms with Crippen molar-refractivity contribution in [2.24, 2.45) is 0 Å². The molecule has 0 unspecified atom stereocenters. The van der Waals surface area contributed by atoms with Gasteiger partial charge in [-0.3, -0.25) is 0 Å². The summed E-state index contributed by atoms with van der Waals surface area (Å²) >= 11 is 0. The van der Waals surface area contributed by atoms with Gasteiger partial charge in [-0.1, -0.05) is 18.2 Å². The molecule has 0 aliphatic heterocycles. The zero-order valence-electron chi connectivity index (χ0n) is 8.73. The Morgan fingerprint density at radius 2 is 1.71 bits per heavy atom. The van der Waals surface area contributed by atoms with Gasteiger partial charge in [-0.25, -0.2) is 8.42 Å². The summed E-state index contributed by atoms with van der Waals surface area (Å²) in [5.74, 6) is 0. The van der Waals surface area contributed by atoms with Crippen molar-refractivity contribution in [3.63, 3.8) is 0 Å². The number of hydrogen-bond acceptors (Lipinski definition) is 3. The van der Waals surface area contributed by atoms with Crippen LogP contribution in [0.3, 0.4) is 0 Å². The topological polar surface area (TPSA) is 57.2 Å². The van der Waals surface area contributed by atoms with Crippen molar-refractivity contribution in [1.29, 1.82) is 0 Å². The maximum Gasteiger partial charge on any atom is 1.00 e. The summed E-state index contributed by atoms with van der Waals surface area (Å²) in [6, 6.07) is 4.67. The molecule has 1 aromatic rings. The molecule has 0 atom stereocenters. The van der Waals surface area contributed by atoms with Crippen molar-refractivity contribution in [3.8, 4) is 0 Å². The number of alkyl halides is 3. The zero-order valence-corrected chi connectivity index (χ0v) is 11.5. The second-order valence-corrected chi connectivity index (χ2v) is 4.21. The number of hydrogen-bond donors (Lipinski definition) is 0. The molecule has 0 bridgehead atoms. The molecule has 1 aromatic carbocycles. The molecule has 1 rings (SSSR count). The van der Waals surface area contributed by atoms with Crippen LogP contribution in [0.5, 0.6) is 0 Å². The average molecular weight is 274 g/mol. The minimum Gasteiger partial charge on any atom is -0.744 e. The molecule has 0 spiro atoms. The van der Waals surface area contributed by atoms with Crippen LogP contribution in [0.1, 0.15) is 5.56 Å². The van der Waals surface area contributed by atoms with Gasteiger partial charge >= 0.3 is 35.7 Å². The van der Waals surface area contributed by atoms with Gasteiger partial charge in [0.2, 0.25) is 0 Å². The van der Waals surface area contributed by atoms with Crippen LogP contribution >= 0.6 is 0 Å². The third-order valence-electron chi connectivity index (χ3n) is 1.64. The van der Waals surface area contributed by atoms with Gasteiger partial charge in [-0.15, -0.1) is 0 Å². The van der Waals surface area contributed by atoms with Gasteiger partial charge in [0.15, 0.2) is 0 Å². The summed E-state index contributed by atoms with van der Waals surface area (Å²) in [4.78, 5) is -0.671. The van der Waals surface area contributed by atoms with Crippen LogP contribution in [-0.4, -0.2) is 19.1 Å². The predicted molar refractivity (Wildman–Crippen MR) is 49.5 cm³/mol. The van der Waals surface area contributed by atoms with Gasteiger partial charge in [0, 0.05) is 6.08 Å². The maximum atomic E-state index is 11.9. The minimum atomic E-state index is -4.77. The Balaban J connectivity index is 0.00000256. The van der Waals surface area contributed by atoms with Crippen LogP contribution in [0.2, 0.25) is 0 Å². The molecule has 0 aliphatic rings. The monoisotopic (exact) mass is 274 g/mol. The van der Waals surface area contributed by atoms with E-state index in [1.54, 1.807) is 0 Å². The molecule has 17 heavy (non-hydrogen) atoms. The van der Waals surface area contributed by atoms with E-state index in [0.717, 1.165) is 12.1 Å². The Bertz CT molecular complexity index is 508. The van der Waals surface area contributed by atoms with E-state index >= 15 is 0 Å². The fourth-order valence-electron chi connectivity index (χ4n) is 1.03. The number of rotatable bonds is 2. The van der Waals surface area contributed by atoms with E-state index in [1.165, 1.54) is 12.1 Å². The van der Waals surface area contributed by atoms with E-state index in [2.05, 4.69) is 0 Å². The van der Waals surface area contributed by atoms with Gasteiger partial charge in [0.1, 0.15) is 10.1 Å². The molecule has 0 fully saturated rings. The normalized spacial score (nSPS) is 12.5. The standard InChI is InChI=1S/C9H7F3O3S.Na/c10-9(11,12)6-5-7-3-1-2-4-8(7)16(13,14)15;/h1-6H,(H,13,14,15);/q;+1/p-1. The Morgan fingerprint density at radius 3 is 2.18 bits per heavy atom. The Labute approximate surface area is 118 Å². The van der Waals surface area contributed by atoms with Gasteiger partial charge in [-0.05, 0) is 17.7 Å². The summed E-state index contributed by atoms with van der Waals surface area (Å²) in [6.45, 7) is 0. The molecular weight excluding hydrogens is 268 g/mol. The van der Waals surface area contributed by atoms with E-state index in [9.17, 15) is 26.1 Å². The van der Waals surface area contributed by atoms with Crippen molar-refractivity contribution in [3.05, 3.63) is 35.9 Å². The smallest absolute Gasteiger partial charge is 0.744 e. The van der Waals surface area contributed by atoms with E-state index in [0.29, 0.717) is 6.08 Å². The second-order valence-electron chi connectivity index (χ2n) is 2.87. The predicted octanol–water partition coefficient (Wildman–Crippen LogP) is -0.830. The van der Waals surface area contributed by atoms with Crippen LogP contribution in [-0.2, 0) is 10.1 Å². The molecule has 0 saturated heterocycles.